The predicted octanol–water partition coefficient (Wildman–Crippen LogP) is 1.19. The van der Waals surface area contributed by atoms with Crippen molar-refractivity contribution in [3.05, 3.63) is 30.6 Å². The van der Waals surface area contributed by atoms with Gasteiger partial charge in [0.05, 0.1) is 17.8 Å². The summed E-state index contributed by atoms with van der Waals surface area (Å²) in [6.07, 6.45) is 7.69. The van der Waals surface area contributed by atoms with E-state index in [4.69, 9.17) is 4.74 Å². The molecule has 6 nitrogen and oxygen atoms in total. The molecule has 0 aliphatic carbocycles. The van der Waals surface area contributed by atoms with Crippen molar-refractivity contribution in [1.29, 1.82) is 0 Å². The molecule has 1 aromatic rings. The predicted molar refractivity (Wildman–Crippen MR) is 87.8 cm³/mol. The van der Waals surface area contributed by atoms with E-state index in [1.54, 1.807) is 6.08 Å². The van der Waals surface area contributed by atoms with Gasteiger partial charge < -0.3 is 9.64 Å². The van der Waals surface area contributed by atoms with E-state index in [1.807, 2.05) is 22.8 Å². The summed E-state index contributed by atoms with van der Waals surface area (Å²) in [6.45, 7) is 9.56. The standard InChI is InChI=1S/C17H26N4O2/c1-4-7-21-14(2)17(23-13-16(21)22)5-8-20(9-6-17)12-15-10-18-19(3)11-15/h4,10-11,14H,1,5-9,12-13H2,2-3H3. The Morgan fingerprint density at radius 3 is 2.83 bits per heavy atom. The molecule has 1 amide bonds. The van der Waals surface area contributed by atoms with Gasteiger partial charge in [0.15, 0.2) is 0 Å². The lowest BCUT2D eigenvalue weighted by Crippen LogP contribution is -2.63. The molecule has 2 aliphatic heterocycles. The van der Waals surface area contributed by atoms with Gasteiger partial charge in [0.2, 0.25) is 5.91 Å². The molecule has 1 aromatic heterocycles. The molecule has 0 radical (unpaired) electrons. The molecule has 0 saturated carbocycles. The number of likely N-dealkylation sites (tertiary alicyclic amines) is 1. The molecule has 0 bridgehead atoms. The number of hydrogen-bond acceptors (Lipinski definition) is 4. The zero-order valence-electron chi connectivity index (χ0n) is 14.1. The summed E-state index contributed by atoms with van der Waals surface area (Å²) in [5, 5.41) is 4.23. The van der Waals surface area contributed by atoms with Gasteiger partial charge in [-0.05, 0) is 19.8 Å². The van der Waals surface area contributed by atoms with E-state index in [2.05, 4.69) is 29.7 Å². The summed E-state index contributed by atoms with van der Waals surface area (Å²) in [7, 11) is 1.94. The second-order valence-corrected chi connectivity index (χ2v) is 6.66. The average molecular weight is 318 g/mol. The van der Waals surface area contributed by atoms with Crippen molar-refractivity contribution in [3.8, 4) is 0 Å². The Balaban J connectivity index is 1.62. The van der Waals surface area contributed by atoms with Gasteiger partial charge in [-0.3, -0.25) is 14.4 Å². The number of morpholine rings is 1. The molecule has 2 fully saturated rings. The first kappa shape index (κ1) is 16.2. The van der Waals surface area contributed by atoms with E-state index in [1.165, 1.54) is 5.56 Å². The normalized spacial score (nSPS) is 25.0. The van der Waals surface area contributed by atoms with Gasteiger partial charge in [0.1, 0.15) is 6.61 Å². The van der Waals surface area contributed by atoms with Crippen LogP contribution in [0.5, 0.6) is 0 Å². The van der Waals surface area contributed by atoms with Crippen LogP contribution in [-0.4, -0.2) is 63.4 Å². The minimum atomic E-state index is -0.206. The van der Waals surface area contributed by atoms with Crippen LogP contribution in [0.4, 0.5) is 0 Å². The van der Waals surface area contributed by atoms with E-state index in [0.717, 1.165) is 32.5 Å². The molecule has 1 spiro atoms. The van der Waals surface area contributed by atoms with E-state index < -0.39 is 0 Å². The molecule has 126 valence electrons. The fourth-order valence-corrected chi connectivity index (χ4v) is 3.77. The van der Waals surface area contributed by atoms with Gasteiger partial charge in [0.25, 0.3) is 0 Å². The number of ether oxygens (including phenoxy) is 1. The van der Waals surface area contributed by atoms with Crippen LogP contribution >= 0.6 is 0 Å². The SMILES string of the molecule is C=CCN1C(=O)COC2(CCN(Cc3cnn(C)c3)CC2)C1C. The van der Waals surface area contributed by atoms with Crippen LogP contribution in [0.1, 0.15) is 25.3 Å². The van der Waals surface area contributed by atoms with Crippen molar-refractivity contribution in [1.82, 2.24) is 19.6 Å². The smallest absolute Gasteiger partial charge is 0.249 e. The fraction of sp³-hybridized carbons (Fsp3) is 0.647. The van der Waals surface area contributed by atoms with E-state index in [-0.39, 0.29) is 24.2 Å². The highest BCUT2D eigenvalue weighted by Gasteiger charge is 2.47. The molecular weight excluding hydrogens is 292 g/mol. The van der Waals surface area contributed by atoms with Gasteiger partial charge in [-0.1, -0.05) is 6.08 Å². The first-order valence-electron chi connectivity index (χ1n) is 8.28. The summed E-state index contributed by atoms with van der Waals surface area (Å²) >= 11 is 0. The zero-order chi connectivity index (χ0) is 16.4. The zero-order valence-corrected chi connectivity index (χ0v) is 14.1. The lowest BCUT2D eigenvalue weighted by molar-refractivity contribution is -0.185. The van der Waals surface area contributed by atoms with Crippen LogP contribution in [0.2, 0.25) is 0 Å². The number of hydrogen-bond donors (Lipinski definition) is 0. The summed E-state index contributed by atoms with van der Waals surface area (Å²) in [4.78, 5) is 16.4. The lowest BCUT2D eigenvalue weighted by Gasteiger charge is -2.51. The molecule has 1 atom stereocenters. The highest BCUT2D eigenvalue weighted by atomic mass is 16.5. The number of aryl methyl sites for hydroxylation is 1. The molecule has 6 heteroatoms. The molecule has 3 heterocycles. The molecule has 2 saturated heterocycles. The largest absolute Gasteiger partial charge is 0.363 e. The van der Waals surface area contributed by atoms with Gasteiger partial charge in [0, 0.05) is 45.0 Å². The van der Waals surface area contributed by atoms with Gasteiger partial charge in [-0.15, -0.1) is 6.58 Å². The number of amides is 1. The Hall–Kier alpha value is -1.66. The second kappa shape index (κ2) is 6.45. The van der Waals surface area contributed by atoms with E-state index >= 15 is 0 Å². The minimum absolute atomic E-state index is 0.0702. The van der Waals surface area contributed by atoms with Crippen LogP contribution in [0.15, 0.2) is 25.0 Å². The number of aromatic nitrogens is 2. The first-order valence-corrected chi connectivity index (χ1v) is 8.28. The summed E-state index contributed by atoms with van der Waals surface area (Å²) in [5.74, 6) is 0.0702. The maximum absolute atomic E-state index is 12.1. The molecular formula is C17H26N4O2. The van der Waals surface area contributed by atoms with Gasteiger partial charge in [-0.2, -0.15) is 5.10 Å². The topological polar surface area (TPSA) is 50.6 Å². The lowest BCUT2D eigenvalue weighted by atomic mass is 9.82. The number of nitrogens with zero attached hydrogens (tertiary/aromatic N) is 4. The Morgan fingerprint density at radius 2 is 2.22 bits per heavy atom. The van der Waals surface area contributed by atoms with Crippen LogP contribution in [0.25, 0.3) is 0 Å². The Bertz CT molecular complexity index is 575. The van der Waals surface area contributed by atoms with Gasteiger partial charge in [-0.25, -0.2) is 0 Å². The molecule has 2 aliphatic rings. The third-order valence-electron chi connectivity index (χ3n) is 5.23. The molecule has 23 heavy (non-hydrogen) atoms. The van der Waals surface area contributed by atoms with Crippen molar-refractivity contribution < 1.29 is 9.53 Å². The summed E-state index contributed by atoms with van der Waals surface area (Å²) < 4.78 is 7.88. The number of carbonyl (C=O) groups is 1. The van der Waals surface area contributed by atoms with E-state index in [0.29, 0.717) is 6.54 Å². The Kier molecular flexibility index (Phi) is 4.55. The van der Waals surface area contributed by atoms with Crippen LogP contribution in [0.3, 0.4) is 0 Å². The minimum Gasteiger partial charge on any atom is -0.363 e. The van der Waals surface area contributed by atoms with Crippen LogP contribution in [-0.2, 0) is 23.1 Å². The number of carbonyl (C=O) groups excluding carboxylic acids is 1. The Labute approximate surface area is 137 Å². The molecule has 1 unspecified atom stereocenters. The fourth-order valence-electron chi connectivity index (χ4n) is 3.77. The summed E-state index contributed by atoms with van der Waals surface area (Å²) in [5.41, 5.74) is 1.03. The quantitative estimate of drug-likeness (QED) is 0.783. The van der Waals surface area contributed by atoms with Crippen molar-refractivity contribution in [2.24, 2.45) is 7.05 Å². The monoisotopic (exact) mass is 318 g/mol. The second-order valence-electron chi connectivity index (χ2n) is 6.66. The molecule has 0 aromatic carbocycles. The van der Waals surface area contributed by atoms with Crippen LogP contribution < -0.4 is 0 Å². The van der Waals surface area contributed by atoms with Crippen molar-refractivity contribution in [2.45, 2.75) is 38.0 Å². The Morgan fingerprint density at radius 1 is 1.48 bits per heavy atom. The third-order valence-corrected chi connectivity index (χ3v) is 5.23. The first-order chi connectivity index (χ1) is 11.0. The number of rotatable bonds is 4. The highest BCUT2D eigenvalue weighted by Crippen LogP contribution is 2.35. The maximum atomic E-state index is 12.1. The average Bonchev–Trinajstić information content (AvgIpc) is 2.95. The highest BCUT2D eigenvalue weighted by molar-refractivity contribution is 5.79. The van der Waals surface area contributed by atoms with Crippen LogP contribution in [0, 0.1) is 0 Å². The summed E-state index contributed by atoms with van der Waals surface area (Å²) in [6, 6.07) is 0.0993. The van der Waals surface area contributed by atoms with E-state index in [9.17, 15) is 4.79 Å². The third kappa shape index (κ3) is 3.19. The van der Waals surface area contributed by atoms with Crippen molar-refractivity contribution >= 4 is 5.91 Å². The van der Waals surface area contributed by atoms with Crippen molar-refractivity contribution in [3.63, 3.8) is 0 Å². The molecule has 3 rings (SSSR count). The number of piperidine rings is 1. The molecule has 0 N–H and O–H groups in total. The van der Waals surface area contributed by atoms with Gasteiger partial charge >= 0.3 is 0 Å². The van der Waals surface area contributed by atoms with Crippen molar-refractivity contribution in [2.75, 3.05) is 26.2 Å². The maximum Gasteiger partial charge on any atom is 0.249 e.